The van der Waals surface area contributed by atoms with Gasteiger partial charge >= 0.3 is 0 Å². The fourth-order valence-corrected chi connectivity index (χ4v) is 8.67. The summed E-state index contributed by atoms with van der Waals surface area (Å²) in [5.74, 6) is 0. The molecule has 0 N–H and O–H groups in total. The molecule has 0 unspecified atom stereocenters. The van der Waals surface area contributed by atoms with Gasteiger partial charge in [0, 0.05) is 32.9 Å². The van der Waals surface area contributed by atoms with Crippen LogP contribution in [0.3, 0.4) is 0 Å². The third-order valence-electron chi connectivity index (χ3n) is 11.1. The Kier molecular flexibility index (Phi) is 7.89. The normalized spacial score (nSPS) is 11.7. The van der Waals surface area contributed by atoms with Gasteiger partial charge in [0.25, 0.3) is 0 Å². The van der Waals surface area contributed by atoms with Gasteiger partial charge in [0.1, 0.15) is 0 Å². The Morgan fingerprint density at radius 3 is 1.58 bits per heavy atom. The lowest BCUT2D eigenvalue weighted by molar-refractivity contribution is 1.18. The van der Waals surface area contributed by atoms with Crippen LogP contribution in [0.2, 0.25) is 0 Å². The van der Waals surface area contributed by atoms with E-state index in [0.29, 0.717) is 0 Å². The van der Waals surface area contributed by atoms with Crippen LogP contribution in [0.5, 0.6) is 0 Å². The lowest BCUT2D eigenvalue weighted by Gasteiger charge is -2.13. The van der Waals surface area contributed by atoms with E-state index in [-0.39, 0.29) is 0 Å². The smallest absolute Gasteiger partial charge is 0.0541 e. The van der Waals surface area contributed by atoms with Gasteiger partial charge in [-0.25, -0.2) is 0 Å². The first kappa shape index (κ1) is 32.5. The van der Waals surface area contributed by atoms with E-state index in [1.165, 1.54) is 99.5 Å². The average Bonchev–Trinajstić information content (AvgIpc) is 3.91. The highest BCUT2D eigenvalue weighted by Gasteiger charge is 2.23. The molecule has 1 aliphatic rings. The largest absolute Gasteiger partial charge is 0.309 e. The molecule has 0 aliphatic heterocycles. The quantitative estimate of drug-likeness (QED) is 0.158. The van der Waals surface area contributed by atoms with Crippen LogP contribution in [0.4, 0.5) is 0 Å². The summed E-state index contributed by atoms with van der Waals surface area (Å²) in [5.41, 5.74) is 17.8. The Hall–Kier alpha value is -7.16. The highest BCUT2D eigenvalue weighted by Crippen LogP contribution is 2.44. The third-order valence-corrected chi connectivity index (χ3v) is 11.1. The molecule has 0 atom stereocenters. The predicted molar refractivity (Wildman–Crippen MR) is 235 cm³/mol. The van der Waals surface area contributed by atoms with Gasteiger partial charge in [0.15, 0.2) is 0 Å². The first-order valence-corrected chi connectivity index (χ1v) is 18.9. The number of nitrogens with zero attached hydrogens (tertiary/aromatic N) is 2. The van der Waals surface area contributed by atoms with Gasteiger partial charge in [-0.05, 0) is 112 Å². The molecule has 2 heteroatoms. The van der Waals surface area contributed by atoms with Crippen LogP contribution in [-0.2, 0) is 6.42 Å². The molecular weight excluding hydrogens is 665 g/mol. The van der Waals surface area contributed by atoms with Crippen molar-refractivity contribution in [1.29, 1.82) is 0 Å². The molecule has 0 amide bonds. The van der Waals surface area contributed by atoms with Crippen LogP contribution in [0.15, 0.2) is 207 Å². The lowest BCUT2D eigenvalue weighted by atomic mass is 9.95. The van der Waals surface area contributed by atoms with Crippen LogP contribution >= 0.6 is 0 Å². The van der Waals surface area contributed by atoms with E-state index >= 15 is 0 Å². The van der Waals surface area contributed by atoms with Crippen molar-refractivity contribution in [2.45, 2.75) is 6.42 Å². The zero-order chi connectivity index (χ0) is 36.9. The van der Waals surface area contributed by atoms with Crippen LogP contribution in [0.1, 0.15) is 11.1 Å². The van der Waals surface area contributed by atoms with Crippen molar-refractivity contribution in [3.8, 4) is 44.8 Å². The molecule has 0 saturated heterocycles. The second-order valence-electron chi connectivity index (χ2n) is 14.2. The van der Waals surface area contributed by atoms with Gasteiger partial charge in [-0.15, -0.1) is 0 Å². The maximum atomic E-state index is 3.36. The number of hydrogen-bond donors (Lipinski definition) is 0. The summed E-state index contributed by atoms with van der Waals surface area (Å²) in [6.45, 7) is 6.72. The lowest BCUT2D eigenvalue weighted by Crippen LogP contribution is -1.95. The molecule has 2 aromatic heterocycles. The number of rotatable bonds is 5. The first-order chi connectivity index (χ1) is 27.2. The van der Waals surface area contributed by atoms with E-state index in [9.17, 15) is 0 Å². The molecule has 0 spiro atoms. The van der Waals surface area contributed by atoms with Crippen LogP contribution < -0.4 is 0 Å². The minimum absolute atomic E-state index is 0.935. The van der Waals surface area contributed by atoms with Gasteiger partial charge in [-0.2, -0.15) is 0 Å². The molecule has 2 heterocycles. The van der Waals surface area contributed by atoms with Crippen molar-refractivity contribution < 1.29 is 0 Å². The van der Waals surface area contributed by atoms with Gasteiger partial charge in [-0.3, -0.25) is 0 Å². The molecule has 260 valence electrons. The molecule has 55 heavy (non-hydrogen) atoms. The van der Waals surface area contributed by atoms with Crippen LogP contribution in [-0.4, -0.2) is 9.13 Å². The number of para-hydroxylation sites is 4. The summed E-state index contributed by atoms with van der Waals surface area (Å²) in [5, 5.41) is 5.12. The van der Waals surface area contributed by atoms with Crippen molar-refractivity contribution in [3.63, 3.8) is 0 Å². The minimum atomic E-state index is 0.935. The van der Waals surface area contributed by atoms with E-state index in [2.05, 4.69) is 204 Å². The van der Waals surface area contributed by atoms with Gasteiger partial charge < -0.3 is 9.13 Å². The number of benzene rings is 8. The predicted octanol–water partition coefficient (Wildman–Crippen LogP) is 14.1. The molecule has 8 aromatic carbocycles. The van der Waals surface area contributed by atoms with Gasteiger partial charge in [-0.1, -0.05) is 147 Å². The zero-order valence-corrected chi connectivity index (χ0v) is 30.5. The summed E-state index contributed by atoms with van der Waals surface area (Å²) in [6, 6.07) is 66.8. The molecule has 0 bridgehead atoms. The number of aromatic nitrogens is 2. The van der Waals surface area contributed by atoms with Crippen molar-refractivity contribution in [2.75, 3.05) is 0 Å². The maximum Gasteiger partial charge on any atom is 0.0541 e. The van der Waals surface area contributed by atoms with Crippen molar-refractivity contribution >= 4 is 43.6 Å². The molecule has 0 saturated carbocycles. The Labute approximate surface area is 321 Å². The molecular formula is C53H38N2. The SMILES string of the molecule is C=CC=C.c1ccc(-n2c3ccccc3c3cc(-c4ccc5c(c4)-c4cccc(-c6cccc(-n7c8ccccc8c8ccccc87)c6)c4C5)ccc32)cc1. The number of hydrogen-bond acceptors (Lipinski definition) is 0. The first-order valence-electron chi connectivity index (χ1n) is 18.9. The molecule has 2 nitrogen and oxygen atoms in total. The molecule has 0 radical (unpaired) electrons. The summed E-state index contributed by atoms with van der Waals surface area (Å²) >= 11 is 0. The van der Waals surface area contributed by atoms with E-state index in [1.807, 2.05) is 0 Å². The Morgan fingerprint density at radius 2 is 0.891 bits per heavy atom. The van der Waals surface area contributed by atoms with E-state index in [4.69, 9.17) is 0 Å². The fourth-order valence-electron chi connectivity index (χ4n) is 8.67. The van der Waals surface area contributed by atoms with Crippen molar-refractivity contribution in [1.82, 2.24) is 9.13 Å². The zero-order valence-electron chi connectivity index (χ0n) is 30.5. The second kappa shape index (κ2) is 13.4. The topological polar surface area (TPSA) is 9.86 Å². The third kappa shape index (κ3) is 5.34. The van der Waals surface area contributed by atoms with Gasteiger partial charge in [0.2, 0.25) is 0 Å². The van der Waals surface area contributed by atoms with Crippen LogP contribution in [0, 0.1) is 0 Å². The Morgan fingerprint density at radius 1 is 0.364 bits per heavy atom. The van der Waals surface area contributed by atoms with E-state index < -0.39 is 0 Å². The molecule has 11 rings (SSSR count). The highest BCUT2D eigenvalue weighted by atomic mass is 15.0. The summed E-state index contributed by atoms with van der Waals surface area (Å²) in [7, 11) is 0. The monoisotopic (exact) mass is 702 g/mol. The number of fused-ring (bicyclic) bond motifs is 9. The standard InChI is InChI=1S/C49H32N2.C4H6/c1-2-13-36(14-3-1)50-48-23-9-6-18-42(48)45-30-33(26-27-49(45)50)32-24-25-35-31-44-38(19-11-20-39(44)43(35)29-32)34-12-10-15-37(28-34)51-46-21-7-4-16-40(46)41-17-5-8-22-47(41)51;1-3-4-2/h1-30H,31H2;3-4H,1-2H2. The summed E-state index contributed by atoms with van der Waals surface area (Å²) < 4.78 is 4.79. The van der Waals surface area contributed by atoms with Crippen molar-refractivity contribution in [2.24, 2.45) is 0 Å². The van der Waals surface area contributed by atoms with E-state index in [0.717, 1.165) is 6.42 Å². The molecule has 1 aliphatic carbocycles. The Balaban J connectivity index is 0.000000891. The van der Waals surface area contributed by atoms with E-state index in [1.54, 1.807) is 12.2 Å². The van der Waals surface area contributed by atoms with Crippen molar-refractivity contribution in [3.05, 3.63) is 218 Å². The van der Waals surface area contributed by atoms with Crippen LogP contribution in [0.25, 0.3) is 88.4 Å². The average molecular weight is 703 g/mol. The molecule has 0 fully saturated rings. The van der Waals surface area contributed by atoms with Gasteiger partial charge in [0.05, 0.1) is 22.1 Å². The fraction of sp³-hybridized carbons (Fsp3) is 0.0189. The maximum absolute atomic E-state index is 3.36. The molecule has 10 aromatic rings. The second-order valence-corrected chi connectivity index (χ2v) is 14.2. The minimum Gasteiger partial charge on any atom is -0.309 e. The summed E-state index contributed by atoms with van der Waals surface area (Å²) in [6.07, 6.45) is 4.21. The number of allylic oxidation sites excluding steroid dienone is 2. The Bertz CT molecular complexity index is 3040. The summed E-state index contributed by atoms with van der Waals surface area (Å²) in [4.78, 5) is 0. The highest BCUT2D eigenvalue weighted by molar-refractivity contribution is 6.11.